The van der Waals surface area contributed by atoms with Crippen LogP contribution >= 0.6 is 23.1 Å². The number of hydrogen-bond acceptors (Lipinski definition) is 4. The minimum absolute atomic E-state index is 0.0619. The van der Waals surface area contributed by atoms with Crippen molar-refractivity contribution in [1.29, 1.82) is 0 Å². The largest absolute Gasteiger partial charge is 0.478 e. The van der Waals surface area contributed by atoms with Gasteiger partial charge in [-0.3, -0.25) is 0 Å². The summed E-state index contributed by atoms with van der Waals surface area (Å²) in [5, 5.41) is 11.0. The van der Waals surface area contributed by atoms with E-state index in [0.29, 0.717) is 10.1 Å². The highest BCUT2D eigenvalue weighted by molar-refractivity contribution is 7.09. The minimum Gasteiger partial charge on any atom is -0.478 e. The first-order valence-corrected chi connectivity index (χ1v) is 6.85. The zero-order valence-electron chi connectivity index (χ0n) is 10.0. The van der Waals surface area contributed by atoms with Gasteiger partial charge in [0.1, 0.15) is 11.3 Å². The molecule has 1 aromatic heterocycles. The van der Waals surface area contributed by atoms with E-state index in [4.69, 9.17) is 21.4 Å². The van der Waals surface area contributed by atoms with Gasteiger partial charge in [-0.25, -0.2) is 4.79 Å². The SMILES string of the molecule is O=C(O)c1ccc(Cl)cc1Oc1snc2ccccc12. The Morgan fingerprint density at radius 3 is 2.85 bits per heavy atom. The summed E-state index contributed by atoms with van der Waals surface area (Å²) < 4.78 is 9.94. The van der Waals surface area contributed by atoms with Gasteiger partial charge in [0, 0.05) is 22.6 Å². The van der Waals surface area contributed by atoms with Crippen molar-refractivity contribution >= 4 is 40.0 Å². The second-order valence-corrected chi connectivity index (χ2v) is 5.21. The molecule has 0 aliphatic rings. The van der Waals surface area contributed by atoms with Gasteiger partial charge in [-0.1, -0.05) is 23.7 Å². The van der Waals surface area contributed by atoms with E-state index < -0.39 is 5.97 Å². The first kappa shape index (κ1) is 12.9. The highest BCUT2D eigenvalue weighted by atomic mass is 35.5. The molecule has 20 heavy (non-hydrogen) atoms. The number of rotatable bonds is 3. The third-order valence-corrected chi connectivity index (χ3v) is 3.72. The molecule has 3 rings (SSSR count). The molecule has 0 atom stereocenters. The van der Waals surface area contributed by atoms with E-state index in [1.165, 1.54) is 29.7 Å². The molecule has 100 valence electrons. The average Bonchev–Trinajstić information content (AvgIpc) is 2.82. The Labute approximate surface area is 123 Å². The number of ether oxygens (including phenoxy) is 1. The lowest BCUT2D eigenvalue weighted by Crippen LogP contribution is -1.99. The lowest BCUT2D eigenvalue weighted by molar-refractivity contribution is 0.0694. The highest BCUT2D eigenvalue weighted by Crippen LogP contribution is 2.36. The van der Waals surface area contributed by atoms with Crippen molar-refractivity contribution in [2.75, 3.05) is 0 Å². The molecule has 1 N–H and O–H groups in total. The first-order valence-electron chi connectivity index (χ1n) is 5.70. The van der Waals surface area contributed by atoms with Gasteiger partial charge in [-0.2, -0.15) is 4.37 Å². The summed E-state index contributed by atoms with van der Waals surface area (Å²) in [5.74, 6) is -0.857. The Balaban J connectivity index is 2.07. The van der Waals surface area contributed by atoms with E-state index in [1.807, 2.05) is 24.3 Å². The number of halogens is 1. The maximum absolute atomic E-state index is 11.2. The molecule has 0 amide bonds. The zero-order valence-corrected chi connectivity index (χ0v) is 11.6. The van der Waals surface area contributed by atoms with Crippen molar-refractivity contribution in [1.82, 2.24) is 4.37 Å². The number of nitrogens with zero attached hydrogens (tertiary/aromatic N) is 1. The molecule has 2 aromatic carbocycles. The second kappa shape index (κ2) is 5.11. The predicted octanol–water partition coefficient (Wildman–Crippen LogP) is 4.44. The second-order valence-electron chi connectivity index (χ2n) is 4.03. The van der Waals surface area contributed by atoms with Gasteiger partial charge in [0.15, 0.2) is 0 Å². The van der Waals surface area contributed by atoms with Crippen molar-refractivity contribution in [2.45, 2.75) is 0 Å². The third kappa shape index (κ3) is 2.33. The summed E-state index contributed by atoms with van der Waals surface area (Å²) in [5.41, 5.74) is 0.873. The van der Waals surface area contributed by atoms with Crippen molar-refractivity contribution in [3.8, 4) is 10.8 Å². The monoisotopic (exact) mass is 305 g/mol. The Hall–Kier alpha value is -2.11. The van der Waals surface area contributed by atoms with Crippen LogP contribution < -0.4 is 4.74 Å². The molecule has 3 aromatic rings. The molecule has 0 bridgehead atoms. The smallest absolute Gasteiger partial charge is 0.339 e. The summed E-state index contributed by atoms with van der Waals surface area (Å²) in [6, 6.07) is 11.9. The van der Waals surface area contributed by atoms with E-state index in [1.54, 1.807) is 0 Å². The number of benzene rings is 2. The molecule has 0 saturated heterocycles. The van der Waals surface area contributed by atoms with Crippen LogP contribution in [0, 0.1) is 0 Å². The lowest BCUT2D eigenvalue weighted by atomic mass is 10.2. The van der Waals surface area contributed by atoms with Gasteiger partial charge in [-0.15, -0.1) is 0 Å². The van der Waals surface area contributed by atoms with Crippen LogP contribution in [0.5, 0.6) is 10.8 Å². The van der Waals surface area contributed by atoms with Crippen molar-refractivity contribution < 1.29 is 14.6 Å². The standard InChI is InChI=1S/C14H8ClNO3S/c15-8-5-6-10(13(17)18)12(7-8)19-14-9-3-1-2-4-11(9)16-20-14/h1-7H,(H,17,18). The summed E-state index contributed by atoms with van der Waals surface area (Å²) in [6.45, 7) is 0. The van der Waals surface area contributed by atoms with Gasteiger partial charge in [0.25, 0.3) is 0 Å². The van der Waals surface area contributed by atoms with Crippen LogP contribution in [0.15, 0.2) is 42.5 Å². The molecular formula is C14H8ClNO3S. The third-order valence-electron chi connectivity index (χ3n) is 2.73. The van der Waals surface area contributed by atoms with Crippen LogP contribution in [-0.2, 0) is 0 Å². The van der Waals surface area contributed by atoms with Crippen LogP contribution in [0.2, 0.25) is 5.02 Å². The van der Waals surface area contributed by atoms with Gasteiger partial charge in [0.05, 0.1) is 10.9 Å². The van der Waals surface area contributed by atoms with Crippen LogP contribution in [0.4, 0.5) is 0 Å². The number of aromatic carboxylic acids is 1. The van der Waals surface area contributed by atoms with Gasteiger partial charge >= 0.3 is 5.97 Å². The molecule has 6 heteroatoms. The molecule has 0 aliphatic carbocycles. The lowest BCUT2D eigenvalue weighted by Gasteiger charge is -2.07. The van der Waals surface area contributed by atoms with E-state index in [-0.39, 0.29) is 11.3 Å². The fourth-order valence-electron chi connectivity index (χ4n) is 1.80. The summed E-state index contributed by atoms with van der Waals surface area (Å²) in [4.78, 5) is 11.2. The molecule has 0 spiro atoms. The van der Waals surface area contributed by atoms with Crippen LogP contribution in [0.1, 0.15) is 10.4 Å². The van der Waals surface area contributed by atoms with E-state index >= 15 is 0 Å². The summed E-state index contributed by atoms with van der Waals surface area (Å²) >= 11 is 7.07. The quantitative estimate of drug-likeness (QED) is 0.777. The van der Waals surface area contributed by atoms with Crippen LogP contribution in [-0.4, -0.2) is 15.4 Å². The minimum atomic E-state index is -1.06. The molecule has 0 fully saturated rings. The fourth-order valence-corrected chi connectivity index (χ4v) is 2.70. The molecular weight excluding hydrogens is 298 g/mol. The van der Waals surface area contributed by atoms with E-state index in [9.17, 15) is 4.79 Å². The predicted molar refractivity (Wildman–Crippen MR) is 78.1 cm³/mol. The average molecular weight is 306 g/mol. The number of hydrogen-bond donors (Lipinski definition) is 1. The van der Waals surface area contributed by atoms with Crippen molar-refractivity contribution in [3.05, 3.63) is 53.1 Å². The Morgan fingerprint density at radius 2 is 2.05 bits per heavy atom. The maximum Gasteiger partial charge on any atom is 0.339 e. The number of aromatic nitrogens is 1. The molecule has 0 radical (unpaired) electrons. The Kier molecular flexibility index (Phi) is 3.30. The normalized spacial score (nSPS) is 10.7. The molecule has 0 unspecified atom stereocenters. The number of carbonyl (C=O) groups is 1. The number of carboxylic acids is 1. The van der Waals surface area contributed by atoms with Crippen LogP contribution in [0.3, 0.4) is 0 Å². The fraction of sp³-hybridized carbons (Fsp3) is 0. The van der Waals surface area contributed by atoms with Gasteiger partial charge in [-0.05, 0) is 24.3 Å². The Bertz CT molecular complexity index is 800. The highest BCUT2D eigenvalue weighted by Gasteiger charge is 2.15. The maximum atomic E-state index is 11.2. The molecule has 4 nitrogen and oxygen atoms in total. The van der Waals surface area contributed by atoms with Gasteiger partial charge < -0.3 is 9.84 Å². The van der Waals surface area contributed by atoms with Gasteiger partial charge in [0.2, 0.25) is 5.06 Å². The molecule has 0 aliphatic heterocycles. The topological polar surface area (TPSA) is 59.4 Å². The number of carboxylic acid groups (broad SMARTS) is 1. The Morgan fingerprint density at radius 1 is 1.25 bits per heavy atom. The zero-order chi connectivity index (χ0) is 14.1. The molecule has 1 heterocycles. The molecule has 0 saturated carbocycles. The number of fused-ring (bicyclic) bond motifs is 1. The summed E-state index contributed by atoms with van der Waals surface area (Å²) in [7, 11) is 0. The van der Waals surface area contributed by atoms with Crippen LogP contribution in [0.25, 0.3) is 10.9 Å². The first-order chi connectivity index (χ1) is 9.65. The summed E-state index contributed by atoms with van der Waals surface area (Å²) in [6.07, 6.45) is 0. The van der Waals surface area contributed by atoms with Crippen molar-refractivity contribution in [3.63, 3.8) is 0 Å². The van der Waals surface area contributed by atoms with E-state index in [2.05, 4.69) is 4.37 Å². The van der Waals surface area contributed by atoms with E-state index in [0.717, 1.165) is 10.9 Å². The van der Waals surface area contributed by atoms with Crippen molar-refractivity contribution in [2.24, 2.45) is 0 Å².